The Bertz CT molecular complexity index is 759. The van der Waals surface area contributed by atoms with Crippen molar-refractivity contribution in [2.75, 3.05) is 6.61 Å². The number of ether oxygens (including phenoxy) is 3. The van der Waals surface area contributed by atoms with Crippen molar-refractivity contribution >= 4 is 27.3 Å². The smallest absolute Gasteiger partial charge is 0.442 e. The summed E-state index contributed by atoms with van der Waals surface area (Å²) in [5, 5.41) is 6.28. The fourth-order valence-corrected chi connectivity index (χ4v) is 4.19. The molecule has 1 unspecified atom stereocenters. The summed E-state index contributed by atoms with van der Waals surface area (Å²) in [6.45, 7) is 10.8. The molecule has 2 rings (SSSR count). The maximum absolute atomic E-state index is 12.6. The second-order valence-electron chi connectivity index (χ2n) is 7.15. The Labute approximate surface area is 146 Å². The van der Waals surface area contributed by atoms with Gasteiger partial charge in [0.2, 0.25) is 0 Å². The first-order valence-corrected chi connectivity index (χ1v) is 9.70. The molecule has 10 heteroatoms. The first kappa shape index (κ1) is 19.3. The van der Waals surface area contributed by atoms with Crippen LogP contribution in [0.3, 0.4) is 0 Å². The summed E-state index contributed by atoms with van der Waals surface area (Å²) in [5.41, 5.74) is -1.52. The average molecular weight is 377 g/mol. The van der Waals surface area contributed by atoms with Gasteiger partial charge in [0.25, 0.3) is 0 Å². The molecule has 0 spiro atoms. The highest BCUT2D eigenvalue weighted by molar-refractivity contribution is 7.93. The van der Waals surface area contributed by atoms with Crippen LogP contribution in [0.4, 0.5) is 4.79 Å². The summed E-state index contributed by atoms with van der Waals surface area (Å²) in [7, 11) is -3.44. The van der Waals surface area contributed by atoms with Crippen LogP contribution in [-0.2, 0) is 29.7 Å². The van der Waals surface area contributed by atoms with E-state index < -0.39 is 33.0 Å². The molecule has 1 fully saturated rings. The van der Waals surface area contributed by atoms with E-state index in [1.54, 1.807) is 34.6 Å². The van der Waals surface area contributed by atoms with E-state index in [1.165, 1.54) is 6.20 Å². The molecule has 2 heterocycles. The SMILES string of the molecule is CC(C)(C)OC(=O)N=S(N)(=O)c1cnc([C@]2(C)COC(C)(C)O2)s1. The van der Waals surface area contributed by atoms with Crippen molar-refractivity contribution in [3.63, 3.8) is 0 Å². The number of aromatic nitrogens is 1. The molecule has 1 aliphatic rings. The fourth-order valence-electron chi connectivity index (χ4n) is 2.09. The highest BCUT2D eigenvalue weighted by Crippen LogP contribution is 2.40. The molecule has 136 valence electrons. The topological polar surface area (TPSA) is 113 Å². The number of rotatable bonds is 2. The minimum atomic E-state index is -3.44. The zero-order chi connectivity index (χ0) is 18.4. The minimum Gasteiger partial charge on any atom is -0.442 e. The number of nitrogens with two attached hydrogens (primary N) is 1. The molecule has 2 N–H and O–H groups in total. The van der Waals surface area contributed by atoms with Crippen LogP contribution < -0.4 is 5.14 Å². The molecule has 0 radical (unpaired) electrons. The second kappa shape index (κ2) is 6.03. The van der Waals surface area contributed by atoms with Crippen LogP contribution in [0.1, 0.15) is 46.6 Å². The van der Waals surface area contributed by atoms with Gasteiger partial charge < -0.3 is 14.2 Å². The van der Waals surface area contributed by atoms with Gasteiger partial charge in [0.15, 0.2) is 15.7 Å². The van der Waals surface area contributed by atoms with E-state index in [2.05, 4.69) is 9.35 Å². The van der Waals surface area contributed by atoms with Crippen molar-refractivity contribution in [3.8, 4) is 0 Å². The van der Waals surface area contributed by atoms with E-state index in [9.17, 15) is 9.00 Å². The number of carbonyl (C=O) groups is 1. The molecule has 1 saturated heterocycles. The number of nitrogens with zero attached hydrogens (tertiary/aromatic N) is 2. The van der Waals surface area contributed by atoms with Gasteiger partial charge in [-0.15, -0.1) is 15.7 Å². The Hall–Kier alpha value is -1.07. The monoisotopic (exact) mass is 377 g/mol. The molecule has 1 aliphatic heterocycles. The van der Waals surface area contributed by atoms with Gasteiger partial charge in [-0.05, 0) is 41.5 Å². The first-order valence-electron chi connectivity index (χ1n) is 7.31. The highest BCUT2D eigenvalue weighted by Gasteiger charge is 2.45. The first-order chi connectivity index (χ1) is 10.7. The standard InChI is InChI=1S/C14H23N3O5S2/c1-12(2,3)21-11(18)17-24(15,19)9-7-16-10(23-9)14(6)8-20-13(4,5)22-14/h7H,8H2,1-6H3,(H2,15,17,18,19)/t14-,24?/m0/s1. The molecule has 1 aromatic rings. The lowest BCUT2D eigenvalue weighted by molar-refractivity contribution is -0.159. The van der Waals surface area contributed by atoms with Crippen LogP contribution in [-0.4, -0.2) is 33.3 Å². The second-order valence-corrected chi connectivity index (χ2v) is 10.2. The fraction of sp³-hybridized carbons (Fsp3) is 0.714. The van der Waals surface area contributed by atoms with Crippen molar-refractivity contribution in [3.05, 3.63) is 11.2 Å². The zero-order valence-corrected chi connectivity index (χ0v) is 16.2. The maximum atomic E-state index is 12.6. The van der Waals surface area contributed by atoms with E-state index in [1.807, 2.05) is 6.92 Å². The van der Waals surface area contributed by atoms with Crippen LogP contribution in [0.5, 0.6) is 0 Å². The Balaban J connectivity index is 2.27. The van der Waals surface area contributed by atoms with Gasteiger partial charge in [0, 0.05) is 0 Å². The van der Waals surface area contributed by atoms with Crippen LogP contribution in [0.15, 0.2) is 14.8 Å². The third-order valence-corrected chi connectivity index (χ3v) is 6.10. The van der Waals surface area contributed by atoms with Crippen molar-refractivity contribution in [2.45, 2.75) is 62.7 Å². The molecular weight excluding hydrogens is 354 g/mol. The molecule has 0 bridgehead atoms. The zero-order valence-electron chi connectivity index (χ0n) is 14.6. The minimum absolute atomic E-state index is 0.179. The normalized spacial score (nSPS) is 26.0. The lowest BCUT2D eigenvalue weighted by Crippen LogP contribution is -2.28. The number of thiazole rings is 1. The van der Waals surface area contributed by atoms with Crippen LogP contribution in [0, 0.1) is 0 Å². The van der Waals surface area contributed by atoms with E-state index in [0.717, 1.165) is 11.3 Å². The quantitative estimate of drug-likeness (QED) is 0.848. The average Bonchev–Trinajstić information content (AvgIpc) is 2.92. The molecule has 24 heavy (non-hydrogen) atoms. The molecule has 0 aromatic carbocycles. The van der Waals surface area contributed by atoms with Gasteiger partial charge in [-0.3, -0.25) is 0 Å². The Kier molecular flexibility index (Phi) is 4.83. The molecule has 0 saturated carbocycles. The van der Waals surface area contributed by atoms with Gasteiger partial charge in [0.05, 0.1) is 12.8 Å². The largest absolute Gasteiger partial charge is 0.443 e. The number of hydrogen-bond acceptors (Lipinski definition) is 7. The maximum Gasteiger partial charge on any atom is 0.443 e. The van der Waals surface area contributed by atoms with Gasteiger partial charge in [-0.2, -0.15) is 0 Å². The van der Waals surface area contributed by atoms with Crippen molar-refractivity contribution in [1.29, 1.82) is 0 Å². The lowest BCUT2D eigenvalue weighted by atomic mass is 10.1. The predicted octanol–water partition coefficient (Wildman–Crippen LogP) is 2.78. The molecule has 1 aromatic heterocycles. The Morgan fingerprint density at radius 3 is 2.58 bits per heavy atom. The summed E-state index contributed by atoms with van der Waals surface area (Å²) in [4.78, 5) is 16.0. The highest BCUT2D eigenvalue weighted by atomic mass is 32.2. The van der Waals surface area contributed by atoms with E-state index in [4.69, 9.17) is 19.3 Å². The number of hydrogen-bond donors (Lipinski definition) is 1. The molecule has 1 amide bonds. The predicted molar refractivity (Wildman–Crippen MR) is 89.8 cm³/mol. The van der Waals surface area contributed by atoms with Crippen molar-refractivity contribution < 1.29 is 23.2 Å². The molecule has 8 nitrogen and oxygen atoms in total. The lowest BCUT2D eigenvalue weighted by Gasteiger charge is -2.22. The van der Waals surface area contributed by atoms with Crippen LogP contribution in [0.2, 0.25) is 0 Å². The summed E-state index contributed by atoms with van der Waals surface area (Å²) in [5.74, 6) is -0.731. The van der Waals surface area contributed by atoms with Crippen LogP contribution in [0.25, 0.3) is 0 Å². The van der Waals surface area contributed by atoms with E-state index in [0.29, 0.717) is 11.6 Å². The van der Waals surface area contributed by atoms with Gasteiger partial charge in [-0.1, -0.05) is 0 Å². The Morgan fingerprint density at radius 1 is 1.46 bits per heavy atom. The van der Waals surface area contributed by atoms with E-state index in [-0.39, 0.29) is 4.21 Å². The van der Waals surface area contributed by atoms with Crippen molar-refractivity contribution in [2.24, 2.45) is 9.50 Å². The van der Waals surface area contributed by atoms with Gasteiger partial charge >= 0.3 is 6.09 Å². The van der Waals surface area contributed by atoms with E-state index >= 15 is 0 Å². The number of carbonyl (C=O) groups excluding carboxylic acids is 1. The third-order valence-electron chi connectivity index (χ3n) is 3.00. The Morgan fingerprint density at radius 2 is 2.08 bits per heavy atom. The third kappa shape index (κ3) is 4.51. The summed E-state index contributed by atoms with van der Waals surface area (Å²) >= 11 is 1.08. The summed E-state index contributed by atoms with van der Waals surface area (Å²) < 4.78 is 32.7. The molecule has 0 aliphatic carbocycles. The van der Waals surface area contributed by atoms with Gasteiger partial charge in [0.1, 0.15) is 20.4 Å². The van der Waals surface area contributed by atoms with Crippen molar-refractivity contribution in [1.82, 2.24) is 4.98 Å². The van der Waals surface area contributed by atoms with Gasteiger partial charge in [-0.25, -0.2) is 19.1 Å². The molecular formula is C14H23N3O5S2. The summed E-state index contributed by atoms with van der Waals surface area (Å²) in [6, 6.07) is 0. The summed E-state index contributed by atoms with van der Waals surface area (Å²) in [6.07, 6.45) is 0.369. The van der Waals surface area contributed by atoms with Crippen LogP contribution >= 0.6 is 11.3 Å². The number of amides is 1. The molecule has 2 atom stereocenters.